The van der Waals surface area contributed by atoms with Crippen molar-refractivity contribution in [2.24, 2.45) is 0 Å². The van der Waals surface area contributed by atoms with Crippen molar-refractivity contribution in [3.63, 3.8) is 0 Å². The van der Waals surface area contributed by atoms with Crippen LogP contribution in [0.5, 0.6) is 11.5 Å². The van der Waals surface area contributed by atoms with E-state index in [1.807, 2.05) is 30.3 Å². The van der Waals surface area contributed by atoms with E-state index in [2.05, 4.69) is 15.0 Å². The van der Waals surface area contributed by atoms with E-state index in [4.69, 9.17) is 4.74 Å². The summed E-state index contributed by atoms with van der Waals surface area (Å²) < 4.78 is 32.9. The molecular formula is C22H17N3O4S2. The van der Waals surface area contributed by atoms with E-state index in [0.717, 1.165) is 11.3 Å². The average Bonchev–Trinajstić information content (AvgIpc) is 3.24. The van der Waals surface area contributed by atoms with Crippen molar-refractivity contribution in [2.45, 2.75) is 4.90 Å². The summed E-state index contributed by atoms with van der Waals surface area (Å²) in [6.45, 7) is 0. The Kier molecular flexibility index (Phi) is 5.96. The topological polar surface area (TPSA) is 97.4 Å². The van der Waals surface area contributed by atoms with Gasteiger partial charge in [0, 0.05) is 11.1 Å². The first-order valence-corrected chi connectivity index (χ1v) is 11.5. The molecule has 2 N–H and O–H groups in total. The Bertz CT molecular complexity index is 1270. The third-order valence-electron chi connectivity index (χ3n) is 4.10. The number of hydrogen-bond acceptors (Lipinski definition) is 6. The van der Waals surface area contributed by atoms with Gasteiger partial charge >= 0.3 is 0 Å². The molecule has 0 radical (unpaired) electrons. The third kappa shape index (κ3) is 5.27. The van der Waals surface area contributed by atoms with Gasteiger partial charge in [-0.15, -0.1) is 11.3 Å². The number of sulfonamides is 1. The molecule has 0 bridgehead atoms. The van der Waals surface area contributed by atoms with E-state index >= 15 is 0 Å². The first-order valence-electron chi connectivity index (χ1n) is 9.17. The number of aromatic nitrogens is 1. The van der Waals surface area contributed by atoms with Gasteiger partial charge < -0.3 is 10.1 Å². The molecule has 0 saturated carbocycles. The molecule has 0 aliphatic rings. The van der Waals surface area contributed by atoms with E-state index in [9.17, 15) is 13.2 Å². The fraction of sp³-hybridized carbons (Fsp3) is 0. The molecule has 0 saturated heterocycles. The van der Waals surface area contributed by atoms with Crippen LogP contribution in [0.2, 0.25) is 0 Å². The molecule has 1 aromatic heterocycles. The van der Waals surface area contributed by atoms with Crippen LogP contribution in [-0.2, 0) is 10.0 Å². The predicted molar refractivity (Wildman–Crippen MR) is 120 cm³/mol. The summed E-state index contributed by atoms with van der Waals surface area (Å²) in [5.74, 6) is 0.904. The fourth-order valence-electron chi connectivity index (χ4n) is 2.62. The van der Waals surface area contributed by atoms with E-state index in [0.29, 0.717) is 17.2 Å². The number of amides is 1. The van der Waals surface area contributed by atoms with Gasteiger partial charge in [-0.3, -0.25) is 9.52 Å². The molecular weight excluding hydrogens is 434 g/mol. The number of benzene rings is 3. The number of anilines is 2. The molecule has 9 heteroatoms. The van der Waals surface area contributed by atoms with Crippen molar-refractivity contribution in [3.05, 3.63) is 96.0 Å². The molecule has 4 aromatic rings. The number of rotatable bonds is 7. The fourth-order valence-corrected chi connectivity index (χ4v) is 4.59. The quantitative estimate of drug-likeness (QED) is 0.413. The summed E-state index contributed by atoms with van der Waals surface area (Å²) in [5, 5.41) is 4.33. The Hall–Kier alpha value is -3.69. The van der Waals surface area contributed by atoms with Crippen LogP contribution < -0.4 is 14.8 Å². The van der Waals surface area contributed by atoms with Gasteiger partial charge in [0.05, 0.1) is 4.90 Å². The molecule has 31 heavy (non-hydrogen) atoms. The van der Waals surface area contributed by atoms with E-state index in [1.165, 1.54) is 17.5 Å². The molecule has 0 fully saturated rings. The summed E-state index contributed by atoms with van der Waals surface area (Å²) in [4.78, 5) is 16.7. The second-order valence-electron chi connectivity index (χ2n) is 6.35. The lowest BCUT2D eigenvalue weighted by Crippen LogP contribution is -2.14. The van der Waals surface area contributed by atoms with E-state index in [-0.39, 0.29) is 15.7 Å². The minimum atomic E-state index is -3.76. The molecule has 0 unspecified atom stereocenters. The van der Waals surface area contributed by atoms with Crippen LogP contribution in [0, 0.1) is 0 Å². The van der Waals surface area contributed by atoms with Gasteiger partial charge in [-0.25, -0.2) is 13.4 Å². The average molecular weight is 452 g/mol. The molecule has 0 spiro atoms. The van der Waals surface area contributed by atoms with Gasteiger partial charge in [0.2, 0.25) is 0 Å². The normalized spacial score (nSPS) is 11.0. The van der Waals surface area contributed by atoms with Crippen LogP contribution in [0.1, 0.15) is 10.5 Å². The number of para-hydroxylation sites is 1. The molecule has 4 rings (SSSR count). The van der Waals surface area contributed by atoms with Crippen LogP contribution in [0.4, 0.5) is 10.8 Å². The lowest BCUT2D eigenvalue weighted by molar-refractivity contribution is 0.102. The minimum Gasteiger partial charge on any atom is -0.457 e. The molecule has 0 aliphatic carbocycles. The molecule has 7 nitrogen and oxygen atoms in total. The van der Waals surface area contributed by atoms with Crippen LogP contribution >= 0.6 is 11.3 Å². The standard InChI is InChI=1S/C22H17N3O4S2/c26-21(23-16-11-13-18(14-12-16)29-17-7-3-1-4-8-17)20-15-30-22(24-20)25-31(27,28)19-9-5-2-6-10-19/h1-15H,(H,23,26)(H,24,25). The second kappa shape index (κ2) is 8.99. The summed E-state index contributed by atoms with van der Waals surface area (Å²) in [6, 6.07) is 24.2. The largest absolute Gasteiger partial charge is 0.457 e. The van der Waals surface area contributed by atoms with Crippen LogP contribution in [-0.4, -0.2) is 19.3 Å². The Morgan fingerprint density at radius 2 is 1.45 bits per heavy atom. The van der Waals surface area contributed by atoms with Crippen molar-refractivity contribution in [2.75, 3.05) is 10.0 Å². The zero-order valence-corrected chi connectivity index (χ0v) is 17.7. The molecule has 1 heterocycles. The number of carbonyl (C=O) groups excluding carboxylic acids is 1. The van der Waals surface area contributed by atoms with Gasteiger partial charge in [-0.1, -0.05) is 36.4 Å². The SMILES string of the molecule is O=C(Nc1ccc(Oc2ccccc2)cc1)c1csc(NS(=O)(=O)c2ccccc2)n1. The highest BCUT2D eigenvalue weighted by molar-refractivity contribution is 7.93. The van der Waals surface area contributed by atoms with Crippen molar-refractivity contribution in [1.82, 2.24) is 4.98 Å². The predicted octanol–water partition coefficient (Wildman–Crippen LogP) is 4.99. The Morgan fingerprint density at radius 3 is 2.13 bits per heavy atom. The monoisotopic (exact) mass is 451 g/mol. The maximum absolute atomic E-state index is 12.5. The number of hydrogen-bond donors (Lipinski definition) is 2. The molecule has 0 aliphatic heterocycles. The first kappa shape index (κ1) is 20.6. The number of carbonyl (C=O) groups is 1. The third-order valence-corrected chi connectivity index (χ3v) is 6.34. The smallest absolute Gasteiger partial charge is 0.275 e. The molecule has 3 aromatic carbocycles. The van der Waals surface area contributed by atoms with Crippen molar-refractivity contribution in [3.8, 4) is 11.5 Å². The van der Waals surface area contributed by atoms with E-state index < -0.39 is 15.9 Å². The van der Waals surface area contributed by atoms with Gasteiger partial charge in [-0.2, -0.15) is 0 Å². The van der Waals surface area contributed by atoms with Crippen LogP contribution in [0.3, 0.4) is 0 Å². The highest BCUT2D eigenvalue weighted by Crippen LogP contribution is 2.24. The number of nitrogens with one attached hydrogen (secondary N) is 2. The van der Waals surface area contributed by atoms with Gasteiger partial charge in [0.1, 0.15) is 17.2 Å². The molecule has 156 valence electrons. The Balaban J connectivity index is 1.39. The van der Waals surface area contributed by atoms with Gasteiger partial charge in [-0.05, 0) is 48.5 Å². The Labute approximate surface area is 183 Å². The summed E-state index contributed by atoms with van der Waals surface area (Å²) in [5.41, 5.74) is 0.671. The van der Waals surface area contributed by atoms with E-state index in [1.54, 1.807) is 42.5 Å². The summed E-state index contributed by atoms with van der Waals surface area (Å²) in [6.07, 6.45) is 0. The summed E-state index contributed by atoms with van der Waals surface area (Å²) in [7, 11) is -3.76. The second-order valence-corrected chi connectivity index (χ2v) is 8.89. The van der Waals surface area contributed by atoms with Crippen molar-refractivity contribution >= 4 is 38.1 Å². The van der Waals surface area contributed by atoms with Crippen LogP contribution in [0.15, 0.2) is 95.2 Å². The van der Waals surface area contributed by atoms with Gasteiger partial charge in [0.15, 0.2) is 5.13 Å². The maximum atomic E-state index is 12.5. The number of ether oxygens (including phenoxy) is 1. The van der Waals surface area contributed by atoms with Crippen molar-refractivity contribution < 1.29 is 17.9 Å². The maximum Gasteiger partial charge on any atom is 0.275 e. The number of nitrogens with zero attached hydrogens (tertiary/aromatic N) is 1. The minimum absolute atomic E-state index is 0.111. The summed E-state index contributed by atoms with van der Waals surface area (Å²) >= 11 is 1.03. The lowest BCUT2D eigenvalue weighted by Gasteiger charge is -2.07. The number of thiazole rings is 1. The van der Waals surface area contributed by atoms with Crippen molar-refractivity contribution in [1.29, 1.82) is 0 Å². The molecule has 1 amide bonds. The Morgan fingerprint density at radius 1 is 0.839 bits per heavy atom. The zero-order valence-electron chi connectivity index (χ0n) is 16.1. The van der Waals surface area contributed by atoms with Gasteiger partial charge in [0.25, 0.3) is 15.9 Å². The first-order chi connectivity index (χ1) is 15.0. The lowest BCUT2D eigenvalue weighted by atomic mass is 10.3. The highest BCUT2D eigenvalue weighted by atomic mass is 32.2. The molecule has 0 atom stereocenters. The zero-order chi connectivity index (χ0) is 21.7. The van der Waals surface area contributed by atoms with Crippen LogP contribution in [0.25, 0.3) is 0 Å². The highest BCUT2D eigenvalue weighted by Gasteiger charge is 2.17.